The highest BCUT2D eigenvalue weighted by Crippen LogP contribution is 2.32. The van der Waals surface area contributed by atoms with Crippen LogP contribution in [0.1, 0.15) is 18.4 Å². The molecule has 0 saturated carbocycles. The highest BCUT2D eigenvalue weighted by molar-refractivity contribution is 5.85. The molecule has 0 spiro atoms. The molecule has 1 aliphatic rings. The SMILES string of the molecule is Cl.N#Cc1ccc(-c2[nH]c(N3CCC(N)CC3)cc(=O)c2-c2ccn3ccnc3c2)cc1F. The van der Waals surface area contributed by atoms with E-state index in [-0.39, 0.29) is 29.4 Å². The van der Waals surface area contributed by atoms with Gasteiger partial charge in [0.05, 0.1) is 16.8 Å². The lowest BCUT2D eigenvalue weighted by atomic mass is 9.98. The summed E-state index contributed by atoms with van der Waals surface area (Å²) in [6.45, 7) is 1.47. The number of nitrogens with zero attached hydrogens (tertiary/aromatic N) is 4. The van der Waals surface area contributed by atoms with Crippen molar-refractivity contribution >= 4 is 23.9 Å². The summed E-state index contributed by atoms with van der Waals surface area (Å²) < 4.78 is 16.3. The highest BCUT2D eigenvalue weighted by Gasteiger charge is 2.21. The first kappa shape index (κ1) is 22.5. The molecule has 5 rings (SSSR count). The number of aromatic amines is 1. The van der Waals surface area contributed by atoms with Crippen molar-refractivity contribution in [2.75, 3.05) is 18.0 Å². The molecule has 1 aromatic carbocycles. The Bertz CT molecular complexity index is 1410. The van der Waals surface area contributed by atoms with Crippen molar-refractivity contribution in [2.45, 2.75) is 18.9 Å². The number of fused-ring (bicyclic) bond motifs is 1. The fourth-order valence-corrected chi connectivity index (χ4v) is 4.19. The summed E-state index contributed by atoms with van der Waals surface area (Å²) in [6, 6.07) is 11.6. The maximum atomic E-state index is 14.5. The molecule has 3 aromatic heterocycles. The van der Waals surface area contributed by atoms with Crippen LogP contribution in [0.3, 0.4) is 0 Å². The smallest absolute Gasteiger partial charge is 0.192 e. The number of nitriles is 1. The quantitative estimate of drug-likeness (QED) is 0.481. The average molecular weight is 465 g/mol. The third-order valence-corrected chi connectivity index (χ3v) is 5.96. The fourth-order valence-electron chi connectivity index (χ4n) is 4.19. The van der Waals surface area contributed by atoms with Gasteiger partial charge in [0.2, 0.25) is 0 Å². The standard InChI is InChI=1S/C24H21FN6O.ClH/c25-19-11-16(1-2-17(19)14-26)24-23(15-3-7-31-10-6-28-21(31)12-15)20(32)13-22(29-24)30-8-4-18(27)5-9-30;/h1-3,6-7,10-13,18H,4-5,8-9,27H2,(H,29,32);1H. The van der Waals surface area contributed by atoms with Crippen LogP contribution in [0.5, 0.6) is 0 Å². The molecule has 0 bridgehead atoms. The lowest BCUT2D eigenvalue weighted by Crippen LogP contribution is -2.40. The molecule has 0 amide bonds. The molecule has 4 aromatic rings. The summed E-state index contributed by atoms with van der Waals surface area (Å²) in [7, 11) is 0. The van der Waals surface area contributed by atoms with E-state index < -0.39 is 5.82 Å². The van der Waals surface area contributed by atoms with Crippen LogP contribution in [0.25, 0.3) is 28.0 Å². The molecular formula is C24H22ClFN6O. The van der Waals surface area contributed by atoms with Gasteiger partial charge in [-0.25, -0.2) is 9.37 Å². The first-order valence-electron chi connectivity index (χ1n) is 10.4. The summed E-state index contributed by atoms with van der Waals surface area (Å²) in [5, 5.41) is 9.10. The van der Waals surface area contributed by atoms with Crippen molar-refractivity contribution in [3.05, 3.63) is 76.6 Å². The van der Waals surface area contributed by atoms with E-state index in [1.54, 1.807) is 18.3 Å². The Morgan fingerprint density at radius 3 is 2.64 bits per heavy atom. The van der Waals surface area contributed by atoms with E-state index in [0.29, 0.717) is 33.8 Å². The highest BCUT2D eigenvalue weighted by atomic mass is 35.5. The first-order chi connectivity index (χ1) is 15.5. The third kappa shape index (κ3) is 4.21. The number of aromatic nitrogens is 3. The van der Waals surface area contributed by atoms with E-state index >= 15 is 0 Å². The number of pyridine rings is 2. The number of nitrogens with one attached hydrogen (secondary N) is 1. The van der Waals surface area contributed by atoms with Gasteiger partial charge in [-0.05, 0) is 42.7 Å². The van der Waals surface area contributed by atoms with Gasteiger partial charge in [0.1, 0.15) is 23.4 Å². The second-order valence-electron chi connectivity index (χ2n) is 8.01. The number of H-pyrrole nitrogens is 1. The molecule has 1 saturated heterocycles. The zero-order valence-corrected chi connectivity index (χ0v) is 18.5. The maximum absolute atomic E-state index is 14.5. The molecule has 0 aliphatic carbocycles. The number of anilines is 1. The van der Waals surface area contributed by atoms with Gasteiger partial charge in [-0.3, -0.25) is 4.79 Å². The third-order valence-electron chi connectivity index (χ3n) is 5.96. The Balaban J connectivity index is 0.00000259. The van der Waals surface area contributed by atoms with Crippen molar-refractivity contribution in [2.24, 2.45) is 5.73 Å². The largest absolute Gasteiger partial charge is 0.358 e. The molecule has 9 heteroatoms. The second kappa shape index (κ2) is 9.06. The van der Waals surface area contributed by atoms with Crippen LogP contribution < -0.4 is 16.1 Å². The molecule has 4 heterocycles. The number of piperidine rings is 1. The zero-order chi connectivity index (χ0) is 22.2. The maximum Gasteiger partial charge on any atom is 0.192 e. The minimum Gasteiger partial charge on any atom is -0.358 e. The van der Waals surface area contributed by atoms with E-state index in [4.69, 9.17) is 11.0 Å². The predicted molar refractivity (Wildman–Crippen MR) is 128 cm³/mol. The molecular weight excluding hydrogens is 443 g/mol. The lowest BCUT2D eigenvalue weighted by molar-refractivity contribution is 0.498. The number of nitrogens with two attached hydrogens (primary N) is 1. The fraction of sp³-hybridized carbons (Fsp3) is 0.208. The molecule has 0 unspecified atom stereocenters. The van der Waals surface area contributed by atoms with E-state index in [2.05, 4.69) is 14.9 Å². The van der Waals surface area contributed by atoms with Gasteiger partial charge in [0.25, 0.3) is 0 Å². The van der Waals surface area contributed by atoms with Crippen molar-refractivity contribution < 1.29 is 4.39 Å². The molecule has 7 nitrogen and oxygen atoms in total. The van der Waals surface area contributed by atoms with Gasteiger partial charge in [0, 0.05) is 49.4 Å². The van der Waals surface area contributed by atoms with Gasteiger partial charge in [0.15, 0.2) is 5.43 Å². The van der Waals surface area contributed by atoms with Crippen LogP contribution >= 0.6 is 12.4 Å². The lowest BCUT2D eigenvalue weighted by Gasteiger charge is -2.32. The Morgan fingerprint density at radius 1 is 1.12 bits per heavy atom. The topological polar surface area (TPSA) is 103 Å². The van der Waals surface area contributed by atoms with E-state index in [1.807, 2.05) is 35.0 Å². The molecule has 33 heavy (non-hydrogen) atoms. The summed E-state index contributed by atoms with van der Waals surface area (Å²) in [6.07, 6.45) is 7.01. The van der Waals surface area contributed by atoms with Gasteiger partial charge in [-0.2, -0.15) is 5.26 Å². The van der Waals surface area contributed by atoms with E-state index in [1.165, 1.54) is 12.1 Å². The Morgan fingerprint density at radius 2 is 1.91 bits per heavy atom. The minimum atomic E-state index is -0.630. The average Bonchev–Trinajstić information content (AvgIpc) is 3.27. The summed E-state index contributed by atoms with van der Waals surface area (Å²) in [5.41, 5.74) is 8.61. The predicted octanol–water partition coefficient (Wildman–Crippen LogP) is 3.72. The Kier molecular flexibility index (Phi) is 6.18. The number of rotatable bonds is 3. The van der Waals surface area contributed by atoms with Crippen LogP contribution in [0.4, 0.5) is 10.2 Å². The molecule has 1 fully saturated rings. The van der Waals surface area contributed by atoms with Crippen molar-refractivity contribution in [3.63, 3.8) is 0 Å². The Labute approximate surface area is 195 Å². The van der Waals surface area contributed by atoms with Crippen LogP contribution in [0, 0.1) is 17.1 Å². The van der Waals surface area contributed by atoms with Crippen LogP contribution in [-0.2, 0) is 0 Å². The Hall–Kier alpha value is -3.67. The van der Waals surface area contributed by atoms with Gasteiger partial charge in [-0.15, -0.1) is 12.4 Å². The number of hydrogen-bond donors (Lipinski definition) is 2. The van der Waals surface area contributed by atoms with Crippen LogP contribution in [0.2, 0.25) is 0 Å². The molecule has 1 aliphatic heterocycles. The molecule has 168 valence electrons. The van der Waals surface area contributed by atoms with Gasteiger partial charge >= 0.3 is 0 Å². The van der Waals surface area contributed by atoms with Gasteiger partial charge in [-0.1, -0.05) is 6.07 Å². The molecule has 0 radical (unpaired) electrons. The van der Waals surface area contributed by atoms with E-state index in [9.17, 15) is 9.18 Å². The molecule has 3 N–H and O–H groups in total. The summed E-state index contributed by atoms with van der Waals surface area (Å²) >= 11 is 0. The summed E-state index contributed by atoms with van der Waals surface area (Å²) in [4.78, 5) is 23.1. The van der Waals surface area contributed by atoms with Crippen molar-refractivity contribution in [3.8, 4) is 28.5 Å². The zero-order valence-electron chi connectivity index (χ0n) is 17.7. The number of benzene rings is 1. The van der Waals surface area contributed by atoms with Crippen LogP contribution in [-0.4, -0.2) is 33.5 Å². The first-order valence-corrected chi connectivity index (χ1v) is 10.4. The van der Waals surface area contributed by atoms with Crippen molar-refractivity contribution in [1.29, 1.82) is 5.26 Å². The van der Waals surface area contributed by atoms with Gasteiger partial charge < -0.3 is 20.0 Å². The number of hydrogen-bond acceptors (Lipinski definition) is 5. The second-order valence-corrected chi connectivity index (χ2v) is 8.01. The summed E-state index contributed by atoms with van der Waals surface area (Å²) in [5.74, 6) is 0.0437. The van der Waals surface area contributed by atoms with Crippen molar-refractivity contribution in [1.82, 2.24) is 14.4 Å². The molecule has 0 atom stereocenters. The minimum absolute atomic E-state index is 0. The van der Waals surface area contributed by atoms with E-state index in [0.717, 1.165) is 25.9 Å². The van der Waals surface area contributed by atoms with Crippen LogP contribution in [0.15, 0.2) is 59.8 Å². The monoisotopic (exact) mass is 464 g/mol. The number of halogens is 2. The number of imidazole rings is 1. The normalized spacial score (nSPS) is 14.2.